The summed E-state index contributed by atoms with van der Waals surface area (Å²) in [5, 5.41) is 15.1. The molecule has 12 heteroatoms. The summed E-state index contributed by atoms with van der Waals surface area (Å²) in [6, 6.07) is 11.8. The normalized spacial score (nSPS) is 19.8. The molecule has 234 valence electrons. The molecule has 3 N–H and O–H groups in total. The first-order valence-corrected chi connectivity index (χ1v) is 15.4. The largest absolute Gasteiger partial charge is 0.350 e. The molecule has 2 bridgehead atoms. The fourth-order valence-corrected chi connectivity index (χ4v) is 6.35. The fourth-order valence-electron chi connectivity index (χ4n) is 6.35. The van der Waals surface area contributed by atoms with Crippen molar-refractivity contribution in [2.75, 3.05) is 19.6 Å². The molecule has 2 aromatic heterocycles. The van der Waals surface area contributed by atoms with E-state index in [-0.39, 0.29) is 56.7 Å². The highest BCUT2D eigenvalue weighted by Gasteiger charge is 2.40. The van der Waals surface area contributed by atoms with Gasteiger partial charge in [-0.3, -0.25) is 23.9 Å². The van der Waals surface area contributed by atoms with E-state index in [1.54, 1.807) is 15.8 Å². The van der Waals surface area contributed by atoms with Gasteiger partial charge in [-0.15, -0.1) is 5.10 Å². The van der Waals surface area contributed by atoms with Gasteiger partial charge in [0.15, 0.2) is 0 Å². The Balaban J connectivity index is 1.31. The van der Waals surface area contributed by atoms with E-state index in [9.17, 15) is 19.2 Å². The summed E-state index contributed by atoms with van der Waals surface area (Å²) in [5.41, 5.74) is 5.84. The Morgan fingerprint density at radius 2 is 1.82 bits per heavy atom. The van der Waals surface area contributed by atoms with Gasteiger partial charge in [-0.05, 0) is 49.9 Å². The van der Waals surface area contributed by atoms with Crippen LogP contribution < -0.4 is 10.6 Å². The number of aromatic amines is 1. The number of fused-ring (bicyclic) bond motifs is 4. The highest BCUT2D eigenvalue weighted by Crippen LogP contribution is 2.27. The van der Waals surface area contributed by atoms with Crippen molar-refractivity contribution in [2.24, 2.45) is 0 Å². The number of benzene rings is 2. The van der Waals surface area contributed by atoms with E-state index < -0.39 is 18.0 Å². The first-order chi connectivity index (χ1) is 21.7. The van der Waals surface area contributed by atoms with E-state index >= 15 is 0 Å². The highest BCUT2D eigenvalue weighted by molar-refractivity contribution is 6.02. The predicted molar refractivity (Wildman–Crippen MR) is 167 cm³/mol. The third-order valence-electron chi connectivity index (χ3n) is 8.71. The molecule has 0 saturated carbocycles. The standard InChI is InChI=1S/C33H38N8O4/c1-20-14-21(2)29-25(15-20)22(3)30(36-29)33(45)39-12-13-41-27(19-39)31(43)34-17-24-18-40(38-37-24)11-7-10-28(42)35-26(32(41)44)16-23-8-5-4-6-9-23/h4-6,8-9,14-15,18,26-27,36H,7,10-13,16-17,19H2,1-3H3,(H,34,43)(H,35,42)/t26-,27+/m0/s1. The van der Waals surface area contributed by atoms with E-state index in [1.165, 1.54) is 4.90 Å². The molecule has 2 aromatic carbocycles. The number of H-pyrrole nitrogens is 1. The SMILES string of the molecule is Cc1cc(C)c2[nH]c(C(=O)N3CCN4C(=O)[C@H](Cc5ccccc5)NC(=O)CCCn5cc(nn5)CNC(=O)[C@H]4C3)c(C)c2c1. The van der Waals surface area contributed by atoms with E-state index in [4.69, 9.17) is 0 Å². The van der Waals surface area contributed by atoms with E-state index in [0.29, 0.717) is 24.4 Å². The maximum Gasteiger partial charge on any atom is 0.270 e. The molecule has 1 saturated heterocycles. The van der Waals surface area contributed by atoms with E-state index in [1.807, 2.05) is 51.1 Å². The van der Waals surface area contributed by atoms with Crippen molar-refractivity contribution in [3.63, 3.8) is 0 Å². The summed E-state index contributed by atoms with van der Waals surface area (Å²) in [6.45, 7) is 6.93. The van der Waals surface area contributed by atoms with Crippen LogP contribution in [0.1, 0.15) is 51.3 Å². The molecule has 45 heavy (non-hydrogen) atoms. The van der Waals surface area contributed by atoms with Crippen molar-refractivity contribution in [1.82, 2.24) is 40.4 Å². The van der Waals surface area contributed by atoms with Gasteiger partial charge < -0.3 is 25.4 Å². The van der Waals surface area contributed by atoms with Crippen LogP contribution in [0.5, 0.6) is 0 Å². The third-order valence-corrected chi connectivity index (χ3v) is 8.71. The number of amides is 4. The fraction of sp³-hybridized carbons (Fsp3) is 0.394. The quantitative estimate of drug-likeness (QED) is 0.324. The number of nitrogens with one attached hydrogen (secondary N) is 3. The number of hydrogen-bond donors (Lipinski definition) is 3. The van der Waals surface area contributed by atoms with Gasteiger partial charge in [-0.25, -0.2) is 0 Å². The number of aromatic nitrogens is 4. The van der Waals surface area contributed by atoms with Crippen LogP contribution in [-0.2, 0) is 33.9 Å². The number of hydrogen-bond acceptors (Lipinski definition) is 6. The van der Waals surface area contributed by atoms with Crippen molar-refractivity contribution in [3.8, 4) is 0 Å². The monoisotopic (exact) mass is 610 g/mol. The van der Waals surface area contributed by atoms with Crippen LogP contribution in [0.4, 0.5) is 0 Å². The number of carbonyl (C=O) groups is 4. The van der Waals surface area contributed by atoms with Crippen LogP contribution in [0.15, 0.2) is 48.7 Å². The molecule has 4 aromatic rings. The summed E-state index contributed by atoms with van der Waals surface area (Å²) in [7, 11) is 0. The molecule has 6 rings (SSSR count). The highest BCUT2D eigenvalue weighted by atomic mass is 16.2. The second-order valence-electron chi connectivity index (χ2n) is 12.0. The minimum absolute atomic E-state index is 0.00190. The van der Waals surface area contributed by atoms with Crippen molar-refractivity contribution < 1.29 is 19.2 Å². The number of rotatable bonds is 3. The van der Waals surface area contributed by atoms with E-state index in [2.05, 4.69) is 38.1 Å². The molecule has 4 heterocycles. The van der Waals surface area contributed by atoms with Crippen LogP contribution in [0, 0.1) is 20.8 Å². The average Bonchev–Trinajstić information content (AvgIpc) is 3.62. The van der Waals surface area contributed by atoms with E-state index in [0.717, 1.165) is 33.2 Å². The minimum atomic E-state index is -0.973. The van der Waals surface area contributed by atoms with Crippen LogP contribution in [0.25, 0.3) is 10.9 Å². The Morgan fingerprint density at radius 1 is 1.02 bits per heavy atom. The molecule has 12 nitrogen and oxygen atoms in total. The van der Waals surface area contributed by atoms with Crippen molar-refractivity contribution in [1.29, 1.82) is 0 Å². The number of carbonyl (C=O) groups excluding carboxylic acids is 4. The van der Waals surface area contributed by atoms with Gasteiger partial charge in [0.2, 0.25) is 17.7 Å². The molecule has 2 aliphatic rings. The molecule has 0 aliphatic carbocycles. The molecule has 0 spiro atoms. The smallest absolute Gasteiger partial charge is 0.270 e. The van der Waals surface area contributed by atoms with Gasteiger partial charge >= 0.3 is 0 Å². The zero-order valence-electron chi connectivity index (χ0n) is 25.8. The molecular weight excluding hydrogens is 572 g/mol. The van der Waals surface area contributed by atoms with Crippen LogP contribution in [0.3, 0.4) is 0 Å². The van der Waals surface area contributed by atoms with Crippen LogP contribution in [-0.4, -0.2) is 85.1 Å². The van der Waals surface area contributed by atoms with Crippen LogP contribution >= 0.6 is 0 Å². The summed E-state index contributed by atoms with van der Waals surface area (Å²) < 4.78 is 1.64. The van der Waals surface area contributed by atoms with Gasteiger partial charge in [0.25, 0.3) is 5.91 Å². The Bertz CT molecular complexity index is 1760. The molecule has 4 amide bonds. The van der Waals surface area contributed by atoms with Crippen LogP contribution in [0.2, 0.25) is 0 Å². The second-order valence-corrected chi connectivity index (χ2v) is 12.0. The first-order valence-electron chi connectivity index (χ1n) is 15.4. The number of nitrogens with zero attached hydrogens (tertiary/aromatic N) is 5. The van der Waals surface area contributed by atoms with Crippen molar-refractivity contribution >= 4 is 34.5 Å². The van der Waals surface area contributed by atoms with Gasteiger partial charge in [0.05, 0.1) is 19.3 Å². The lowest BCUT2D eigenvalue weighted by molar-refractivity contribution is -0.146. The lowest BCUT2D eigenvalue weighted by Gasteiger charge is -2.41. The zero-order valence-corrected chi connectivity index (χ0v) is 25.8. The lowest BCUT2D eigenvalue weighted by Crippen LogP contribution is -2.64. The Morgan fingerprint density at radius 3 is 2.62 bits per heavy atom. The maximum absolute atomic E-state index is 14.2. The Hall–Kier alpha value is -5.00. The maximum atomic E-state index is 14.2. The molecule has 2 aliphatic heterocycles. The summed E-state index contributed by atoms with van der Waals surface area (Å²) in [6.07, 6.45) is 2.73. The summed E-state index contributed by atoms with van der Waals surface area (Å²) in [5.74, 6) is -1.25. The summed E-state index contributed by atoms with van der Waals surface area (Å²) in [4.78, 5) is 61.4. The first kappa shape index (κ1) is 30.0. The topological polar surface area (TPSA) is 145 Å². The molecule has 1 fully saturated rings. The number of piperazine rings is 1. The molecule has 2 atom stereocenters. The lowest BCUT2D eigenvalue weighted by atomic mass is 10.0. The van der Waals surface area contributed by atoms with Gasteiger partial charge in [-0.1, -0.05) is 47.2 Å². The minimum Gasteiger partial charge on any atom is -0.350 e. The predicted octanol–water partition coefficient (Wildman–Crippen LogP) is 2.18. The molecular formula is C33H38N8O4. The zero-order chi connectivity index (χ0) is 31.7. The van der Waals surface area contributed by atoms with Gasteiger partial charge in [0.1, 0.15) is 23.5 Å². The average molecular weight is 611 g/mol. The third kappa shape index (κ3) is 6.31. The molecule has 0 radical (unpaired) electrons. The van der Waals surface area contributed by atoms with Crippen molar-refractivity contribution in [3.05, 3.63) is 82.3 Å². The van der Waals surface area contributed by atoms with Crippen molar-refractivity contribution in [2.45, 2.75) is 65.2 Å². The van der Waals surface area contributed by atoms with Gasteiger partial charge in [-0.2, -0.15) is 0 Å². The summed E-state index contributed by atoms with van der Waals surface area (Å²) >= 11 is 0. The van der Waals surface area contributed by atoms with Gasteiger partial charge in [0, 0.05) is 43.4 Å². The number of aryl methyl sites for hydroxylation is 4. The molecule has 0 unspecified atom stereocenters. The Kier molecular flexibility index (Phi) is 8.38. The Labute approximate surface area is 261 Å². The second kappa shape index (κ2) is 12.5.